The summed E-state index contributed by atoms with van der Waals surface area (Å²) < 4.78 is 0. The first kappa shape index (κ1) is 18.3. The summed E-state index contributed by atoms with van der Waals surface area (Å²) in [6, 6.07) is 18.0. The van der Waals surface area contributed by atoms with Crippen LogP contribution in [-0.2, 0) is 0 Å². The normalized spacial score (nSPS) is 10.3. The maximum atomic E-state index is 12.8. The Balaban J connectivity index is 1.72. The van der Waals surface area contributed by atoms with Crippen LogP contribution in [0.2, 0.25) is 0 Å². The summed E-state index contributed by atoms with van der Waals surface area (Å²) in [6.45, 7) is 4.02. The number of rotatable bonds is 4. The molecule has 1 N–H and O–H groups in total. The fourth-order valence-electron chi connectivity index (χ4n) is 2.84. The van der Waals surface area contributed by atoms with Crippen molar-refractivity contribution >= 4 is 23.2 Å². The summed E-state index contributed by atoms with van der Waals surface area (Å²) in [4.78, 5) is 30.5. The van der Waals surface area contributed by atoms with Crippen LogP contribution >= 0.6 is 0 Å². The number of carbonyl (C=O) groups is 2. The van der Waals surface area contributed by atoms with E-state index in [0.29, 0.717) is 16.9 Å². The first-order valence-corrected chi connectivity index (χ1v) is 8.63. The number of anilines is 2. The topological polar surface area (TPSA) is 62.3 Å². The van der Waals surface area contributed by atoms with E-state index >= 15 is 0 Å². The van der Waals surface area contributed by atoms with E-state index in [4.69, 9.17) is 0 Å². The zero-order valence-corrected chi connectivity index (χ0v) is 15.6. The van der Waals surface area contributed by atoms with Gasteiger partial charge in [0.15, 0.2) is 0 Å². The second kappa shape index (κ2) is 7.83. The number of nitrogens with zero attached hydrogens (tertiary/aromatic N) is 2. The van der Waals surface area contributed by atoms with Gasteiger partial charge in [-0.1, -0.05) is 12.1 Å². The van der Waals surface area contributed by atoms with Gasteiger partial charge in [-0.15, -0.1) is 0 Å². The molecule has 3 rings (SSSR count). The molecule has 0 unspecified atom stereocenters. The molecule has 0 saturated carbocycles. The van der Waals surface area contributed by atoms with Crippen LogP contribution in [0.1, 0.15) is 32.0 Å². The third-order valence-electron chi connectivity index (χ3n) is 4.19. The Hall–Kier alpha value is -3.47. The fourth-order valence-corrected chi connectivity index (χ4v) is 2.84. The fraction of sp³-hybridized carbons (Fsp3) is 0.136. The molecule has 0 aliphatic heterocycles. The van der Waals surface area contributed by atoms with Crippen molar-refractivity contribution in [3.05, 3.63) is 89.2 Å². The quantitative estimate of drug-likeness (QED) is 0.758. The first-order valence-electron chi connectivity index (χ1n) is 8.63. The molecule has 5 heteroatoms. The third kappa shape index (κ3) is 4.39. The van der Waals surface area contributed by atoms with Crippen molar-refractivity contribution in [2.45, 2.75) is 13.8 Å². The molecule has 27 heavy (non-hydrogen) atoms. The number of aryl methyl sites for hydroxylation is 2. The summed E-state index contributed by atoms with van der Waals surface area (Å²) >= 11 is 0. The highest BCUT2D eigenvalue weighted by Crippen LogP contribution is 2.20. The smallest absolute Gasteiger partial charge is 0.274 e. The highest BCUT2D eigenvalue weighted by molar-refractivity contribution is 6.06. The van der Waals surface area contributed by atoms with Gasteiger partial charge < -0.3 is 10.2 Å². The zero-order valence-electron chi connectivity index (χ0n) is 15.6. The first-order chi connectivity index (χ1) is 12.9. The maximum Gasteiger partial charge on any atom is 0.274 e. The van der Waals surface area contributed by atoms with Gasteiger partial charge in [0.25, 0.3) is 11.8 Å². The standard InChI is InChI=1S/C22H21N3O2/c1-15-12-16(2)14-19(13-15)25(3)22(27)17-7-9-18(10-8-17)24-21(26)20-6-4-5-11-23-20/h4-14H,1-3H3,(H,24,26). The van der Waals surface area contributed by atoms with Crippen molar-refractivity contribution in [2.75, 3.05) is 17.3 Å². The Morgan fingerprint density at radius 2 is 1.59 bits per heavy atom. The van der Waals surface area contributed by atoms with Gasteiger partial charge in [-0.3, -0.25) is 14.6 Å². The highest BCUT2D eigenvalue weighted by atomic mass is 16.2. The lowest BCUT2D eigenvalue weighted by Gasteiger charge is -2.19. The van der Waals surface area contributed by atoms with Crippen molar-refractivity contribution in [2.24, 2.45) is 0 Å². The van der Waals surface area contributed by atoms with Gasteiger partial charge in [0.2, 0.25) is 0 Å². The Morgan fingerprint density at radius 3 is 2.19 bits per heavy atom. The summed E-state index contributed by atoms with van der Waals surface area (Å²) in [5.74, 6) is -0.398. The molecule has 0 bridgehead atoms. The second-order valence-corrected chi connectivity index (χ2v) is 6.46. The van der Waals surface area contributed by atoms with Crippen LogP contribution in [-0.4, -0.2) is 23.8 Å². The average molecular weight is 359 g/mol. The molecular formula is C22H21N3O2. The summed E-state index contributed by atoms with van der Waals surface area (Å²) in [6.07, 6.45) is 1.57. The summed E-state index contributed by atoms with van der Waals surface area (Å²) in [5, 5.41) is 2.77. The predicted molar refractivity (Wildman–Crippen MR) is 107 cm³/mol. The van der Waals surface area contributed by atoms with E-state index in [1.54, 1.807) is 60.6 Å². The lowest BCUT2D eigenvalue weighted by molar-refractivity contribution is 0.0991. The predicted octanol–water partition coefficient (Wildman–Crippen LogP) is 4.23. The second-order valence-electron chi connectivity index (χ2n) is 6.46. The summed E-state index contributed by atoms with van der Waals surface area (Å²) in [5.41, 5.74) is 4.57. The van der Waals surface area contributed by atoms with E-state index in [9.17, 15) is 9.59 Å². The Labute approximate surface area is 158 Å². The number of hydrogen-bond acceptors (Lipinski definition) is 3. The number of aromatic nitrogens is 1. The van der Waals surface area contributed by atoms with Gasteiger partial charge in [-0.05, 0) is 73.5 Å². The molecule has 0 spiro atoms. The van der Waals surface area contributed by atoms with Crippen LogP contribution in [0.5, 0.6) is 0 Å². The molecule has 3 aromatic rings. The Morgan fingerprint density at radius 1 is 0.926 bits per heavy atom. The van der Waals surface area contributed by atoms with E-state index in [1.165, 1.54) is 0 Å². The number of benzene rings is 2. The van der Waals surface area contributed by atoms with Crippen LogP contribution in [0.25, 0.3) is 0 Å². The molecule has 2 aromatic carbocycles. The molecule has 0 radical (unpaired) electrons. The number of carbonyl (C=O) groups excluding carboxylic acids is 2. The van der Waals surface area contributed by atoms with Crippen LogP contribution in [0.3, 0.4) is 0 Å². The van der Waals surface area contributed by atoms with Gasteiger partial charge in [0.05, 0.1) is 0 Å². The van der Waals surface area contributed by atoms with Crippen LogP contribution < -0.4 is 10.2 Å². The van der Waals surface area contributed by atoms with Gasteiger partial charge in [-0.25, -0.2) is 0 Å². The monoisotopic (exact) mass is 359 g/mol. The minimum atomic E-state index is -0.290. The van der Waals surface area contributed by atoms with Gasteiger partial charge >= 0.3 is 0 Å². The van der Waals surface area contributed by atoms with Gasteiger partial charge in [-0.2, -0.15) is 0 Å². The minimum Gasteiger partial charge on any atom is -0.321 e. The summed E-state index contributed by atoms with van der Waals surface area (Å²) in [7, 11) is 1.76. The van der Waals surface area contributed by atoms with E-state index in [2.05, 4.69) is 16.4 Å². The van der Waals surface area contributed by atoms with Crippen molar-refractivity contribution < 1.29 is 9.59 Å². The minimum absolute atomic E-state index is 0.109. The molecule has 0 saturated heterocycles. The lowest BCUT2D eigenvalue weighted by atomic mass is 10.1. The molecular weight excluding hydrogens is 338 g/mol. The van der Waals surface area contributed by atoms with E-state index in [-0.39, 0.29) is 11.8 Å². The SMILES string of the molecule is Cc1cc(C)cc(N(C)C(=O)c2ccc(NC(=O)c3ccccn3)cc2)c1. The van der Waals surface area contributed by atoms with Crippen LogP contribution in [0, 0.1) is 13.8 Å². The Kier molecular flexibility index (Phi) is 5.31. The van der Waals surface area contributed by atoms with Crippen molar-refractivity contribution in [1.82, 2.24) is 4.98 Å². The van der Waals surface area contributed by atoms with E-state index < -0.39 is 0 Å². The largest absolute Gasteiger partial charge is 0.321 e. The number of nitrogens with one attached hydrogen (secondary N) is 1. The molecule has 0 fully saturated rings. The lowest BCUT2D eigenvalue weighted by Crippen LogP contribution is -2.26. The van der Waals surface area contributed by atoms with E-state index in [0.717, 1.165) is 16.8 Å². The molecule has 0 atom stereocenters. The van der Waals surface area contributed by atoms with Crippen LogP contribution in [0.15, 0.2) is 66.9 Å². The molecule has 136 valence electrons. The van der Waals surface area contributed by atoms with Gasteiger partial charge in [0, 0.05) is 30.2 Å². The van der Waals surface area contributed by atoms with Crippen molar-refractivity contribution in [1.29, 1.82) is 0 Å². The van der Waals surface area contributed by atoms with E-state index in [1.807, 2.05) is 26.0 Å². The third-order valence-corrected chi connectivity index (χ3v) is 4.19. The van der Waals surface area contributed by atoms with Crippen molar-refractivity contribution in [3.63, 3.8) is 0 Å². The van der Waals surface area contributed by atoms with Crippen LogP contribution in [0.4, 0.5) is 11.4 Å². The Bertz CT molecular complexity index is 946. The molecule has 1 aromatic heterocycles. The van der Waals surface area contributed by atoms with Gasteiger partial charge in [0.1, 0.15) is 5.69 Å². The molecule has 0 aliphatic carbocycles. The molecule has 0 aliphatic rings. The maximum absolute atomic E-state index is 12.8. The number of hydrogen-bond donors (Lipinski definition) is 1. The molecule has 1 heterocycles. The number of pyridine rings is 1. The molecule has 5 nitrogen and oxygen atoms in total. The molecule has 2 amide bonds. The highest BCUT2D eigenvalue weighted by Gasteiger charge is 2.14. The average Bonchev–Trinajstić information content (AvgIpc) is 2.67. The zero-order chi connectivity index (χ0) is 19.4. The van der Waals surface area contributed by atoms with Crippen molar-refractivity contribution in [3.8, 4) is 0 Å². The number of amides is 2.